The van der Waals surface area contributed by atoms with Crippen molar-refractivity contribution < 1.29 is 9.59 Å². The Bertz CT molecular complexity index is 1020. The Labute approximate surface area is 181 Å². The van der Waals surface area contributed by atoms with Crippen molar-refractivity contribution in [2.75, 3.05) is 16.4 Å². The molecule has 1 heterocycles. The first-order valence-corrected chi connectivity index (χ1v) is 10.6. The Morgan fingerprint density at radius 1 is 1.03 bits per heavy atom. The standard InChI is InChI=1S/C20H20BrN5O2S/c1-13-6-8-15(9-7-13)22-18(27)11-17-24-25-20(26(17)2)29-12-19(28)23-16-5-3-4-14(21)10-16/h3-10H,11-12H2,1-2H3,(H,22,27)(H,23,28). The number of carbonyl (C=O) groups excluding carboxylic acids is 2. The Morgan fingerprint density at radius 2 is 1.76 bits per heavy atom. The summed E-state index contributed by atoms with van der Waals surface area (Å²) in [5.41, 5.74) is 2.58. The second-order valence-corrected chi connectivity index (χ2v) is 8.25. The van der Waals surface area contributed by atoms with Gasteiger partial charge in [0.25, 0.3) is 0 Å². The van der Waals surface area contributed by atoms with Gasteiger partial charge in [0, 0.05) is 22.9 Å². The van der Waals surface area contributed by atoms with E-state index < -0.39 is 0 Å². The molecule has 2 amide bonds. The zero-order valence-electron chi connectivity index (χ0n) is 16.0. The number of aromatic nitrogens is 3. The van der Waals surface area contributed by atoms with Gasteiger partial charge in [-0.25, -0.2) is 0 Å². The molecule has 0 saturated carbocycles. The summed E-state index contributed by atoms with van der Waals surface area (Å²) >= 11 is 4.64. The third-order valence-corrected chi connectivity index (χ3v) is 5.53. The number of nitrogens with one attached hydrogen (secondary N) is 2. The van der Waals surface area contributed by atoms with Crippen LogP contribution in [0.15, 0.2) is 58.2 Å². The lowest BCUT2D eigenvalue weighted by atomic mass is 10.2. The molecule has 0 radical (unpaired) electrons. The average molecular weight is 474 g/mol. The van der Waals surface area contributed by atoms with Gasteiger partial charge >= 0.3 is 0 Å². The third kappa shape index (κ3) is 6.16. The minimum absolute atomic E-state index is 0.0994. The number of halogens is 1. The van der Waals surface area contributed by atoms with E-state index in [9.17, 15) is 9.59 Å². The van der Waals surface area contributed by atoms with Gasteiger partial charge in [0.2, 0.25) is 11.8 Å². The number of thioether (sulfide) groups is 1. The summed E-state index contributed by atoms with van der Waals surface area (Å²) in [7, 11) is 1.78. The van der Waals surface area contributed by atoms with Crippen LogP contribution in [0.1, 0.15) is 11.4 Å². The van der Waals surface area contributed by atoms with E-state index >= 15 is 0 Å². The first-order valence-electron chi connectivity index (χ1n) is 8.84. The van der Waals surface area contributed by atoms with Crippen LogP contribution in [0.3, 0.4) is 0 Å². The SMILES string of the molecule is Cc1ccc(NC(=O)Cc2nnc(SCC(=O)Nc3cccc(Br)c3)n2C)cc1. The molecule has 0 bridgehead atoms. The van der Waals surface area contributed by atoms with Crippen molar-refractivity contribution in [1.29, 1.82) is 0 Å². The number of rotatable bonds is 7. The molecule has 0 aliphatic heterocycles. The molecule has 0 fully saturated rings. The molecule has 2 aromatic carbocycles. The first-order chi connectivity index (χ1) is 13.9. The lowest BCUT2D eigenvalue weighted by molar-refractivity contribution is -0.116. The number of hydrogen-bond acceptors (Lipinski definition) is 5. The fraction of sp³-hybridized carbons (Fsp3) is 0.200. The molecule has 9 heteroatoms. The monoisotopic (exact) mass is 473 g/mol. The lowest BCUT2D eigenvalue weighted by Crippen LogP contribution is -2.17. The average Bonchev–Trinajstić information content (AvgIpc) is 3.01. The minimum atomic E-state index is -0.173. The van der Waals surface area contributed by atoms with Crippen molar-refractivity contribution >= 4 is 50.9 Å². The van der Waals surface area contributed by atoms with Gasteiger partial charge in [-0.05, 0) is 37.3 Å². The lowest BCUT2D eigenvalue weighted by Gasteiger charge is -2.07. The number of carbonyl (C=O) groups is 2. The van der Waals surface area contributed by atoms with E-state index in [1.54, 1.807) is 11.6 Å². The Balaban J connectivity index is 1.52. The summed E-state index contributed by atoms with van der Waals surface area (Å²) in [6, 6.07) is 15.0. The third-order valence-electron chi connectivity index (χ3n) is 4.02. The summed E-state index contributed by atoms with van der Waals surface area (Å²) in [5, 5.41) is 14.4. The fourth-order valence-corrected chi connectivity index (χ4v) is 3.63. The number of nitrogens with zero attached hydrogens (tertiary/aromatic N) is 3. The zero-order valence-corrected chi connectivity index (χ0v) is 18.4. The van der Waals surface area contributed by atoms with Crippen LogP contribution in [0.4, 0.5) is 11.4 Å². The molecule has 0 aliphatic carbocycles. The fourth-order valence-electron chi connectivity index (χ4n) is 2.50. The van der Waals surface area contributed by atoms with Crippen molar-refractivity contribution in [2.24, 2.45) is 7.05 Å². The van der Waals surface area contributed by atoms with Gasteiger partial charge in [-0.2, -0.15) is 0 Å². The molecular formula is C20H20BrN5O2S. The van der Waals surface area contributed by atoms with Crippen molar-refractivity contribution in [3.05, 3.63) is 64.4 Å². The van der Waals surface area contributed by atoms with Gasteiger partial charge in [0.15, 0.2) is 5.16 Å². The summed E-state index contributed by atoms with van der Waals surface area (Å²) in [4.78, 5) is 24.4. The maximum atomic E-state index is 12.3. The number of hydrogen-bond donors (Lipinski definition) is 2. The van der Waals surface area contributed by atoms with E-state index in [0.29, 0.717) is 11.0 Å². The van der Waals surface area contributed by atoms with Gasteiger partial charge in [0.1, 0.15) is 5.82 Å². The highest BCUT2D eigenvalue weighted by molar-refractivity contribution is 9.10. The molecule has 0 aliphatic rings. The highest BCUT2D eigenvalue weighted by Gasteiger charge is 2.14. The van der Waals surface area contributed by atoms with Gasteiger partial charge in [-0.15, -0.1) is 10.2 Å². The molecule has 7 nitrogen and oxygen atoms in total. The summed E-state index contributed by atoms with van der Waals surface area (Å²) in [6.07, 6.45) is 0.0994. The van der Waals surface area contributed by atoms with Crippen LogP contribution in [0.2, 0.25) is 0 Å². The topological polar surface area (TPSA) is 88.9 Å². The molecule has 150 valence electrons. The van der Waals surface area contributed by atoms with Gasteiger partial charge < -0.3 is 15.2 Å². The van der Waals surface area contributed by atoms with Crippen LogP contribution in [0.25, 0.3) is 0 Å². The Hall–Kier alpha value is -2.65. The van der Waals surface area contributed by atoms with Crippen LogP contribution >= 0.6 is 27.7 Å². The maximum absolute atomic E-state index is 12.3. The van der Waals surface area contributed by atoms with E-state index in [1.807, 2.05) is 55.5 Å². The van der Waals surface area contributed by atoms with Crippen LogP contribution < -0.4 is 10.6 Å². The van der Waals surface area contributed by atoms with E-state index in [1.165, 1.54) is 11.8 Å². The first kappa shape index (κ1) is 21.1. The molecular weight excluding hydrogens is 454 g/mol. The second kappa shape index (κ2) is 9.71. The smallest absolute Gasteiger partial charge is 0.234 e. The molecule has 2 N–H and O–H groups in total. The van der Waals surface area contributed by atoms with Crippen molar-refractivity contribution in [2.45, 2.75) is 18.5 Å². The Morgan fingerprint density at radius 3 is 2.48 bits per heavy atom. The highest BCUT2D eigenvalue weighted by Crippen LogP contribution is 2.19. The molecule has 0 atom stereocenters. The maximum Gasteiger partial charge on any atom is 0.234 e. The van der Waals surface area contributed by atoms with Gasteiger partial charge in [0.05, 0.1) is 12.2 Å². The van der Waals surface area contributed by atoms with Crippen molar-refractivity contribution in [3.63, 3.8) is 0 Å². The number of amides is 2. The number of aryl methyl sites for hydroxylation is 1. The van der Waals surface area contributed by atoms with Crippen LogP contribution in [0, 0.1) is 6.92 Å². The van der Waals surface area contributed by atoms with Crippen LogP contribution in [-0.4, -0.2) is 32.3 Å². The predicted molar refractivity (Wildman–Crippen MR) is 118 cm³/mol. The Kier molecular flexibility index (Phi) is 7.05. The molecule has 0 spiro atoms. The van der Waals surface area contributed by atoms with Gasteiger partial charge in [-0.3, -0.25) is 9.59 Å². The highest BCUT2D eigenvalue weighted by atomic mass is 79.9. The molecule has 0 unspecified atom stereocenters. The van der Waals surface area contributed by atoms with E-state index in [4.69, 9.17) is 0 Å². The summed E-state index contributed by atoms with van der Waals surface area (Å²) in [6.45, 7) is 1.99. The van der Waals surface area contributed by atoms with E-state index in [2.05, 4.69) is 36.8 Å². The van der Waals surface area contributed by atoms with E-state index in [0.717, 1.165) is 21.4 Å². The van der Waals surface area contributed by atoms with E-state index in [-0.39, 0.29) is 24.0 Å². The normalized spacial score (nSPS) is 10.6. The van der Waals surface area contributed by atoms with Crippen molar-refractivity contribution in [1.82, 2.24) is 14.8 Å². The predicted octanol–water partition coefficient (Wildman–Crippen LogP) is 3.80. The van der Waals surface area contributed by atoms with Crippen LogP contribution in [0.5, 0.6) is 0 Å². The summed E-state index contributed by atoms with van der Waals surface area (Å²) < 4.78 is 2.62. The largest absolute Gasteiger partial charge is 0.326 e. The molecule has 29 heavy (non-hydrogen) atoms. The molecule has 1 aromatic heterocycles. The molecule has 3 aromatic rings. The second-order valence-electron chi connectivity index (χ2n) is 6.40. The minimum Gasteiger partial charge on any atom is -0.326 e. The quantitative estimate of drug-likeness (QED) is 0.509. The van der Waals surface area contributed by atoms with Crippen LogP contribution in [-0.2, 0) is 23.1 Å². The molecule has 0 saturated heterocycles. The number of benzene rings is 2. The molecule has 3 rings (SSSR count). The van der Waals surface area contributed by atoms with Gasteiger partial charge in [-0.1, -0.05) is 51.5 Å². The summed E-state index contributed by atoms with van der Waals surface area (Å²) in [5.74, 6) is 0.404. The van der Waals surface area contributed by atoms with Crippen molar-refractivity contribution in [3.8, 4) is 0 Å². The zero-order chi connectivity index (χ0) is 20.8. The number of anilines is 2.